The molecule has 2 aliphatic heterocycles. The molecule has 6 rings (SSSR count). The number of alkyl halides is 3. The normalized spacial score (nSPS) is 21.0. The maximum absolute atomic E-state index is 13.5. The number of halogens is 3. The van der Waals surface area contributed by atoms with Gasteiger partial charge in [-0.2, -0.15) is 13.2 Å². The monoisotopic (exact) mass is 458 g/mol. The molecule has 5 heteroatoms. The highest BCUT2D eigenvalue weighted by atomic mass is 19.4. The molecule has 2 aliphatic rings. The second kappa shape index (κ2) is 7.39. The fourth-order valence-corrected chi connectivity index (χ4v) is 5.08. The Morgan fingerprint density at radius 3 is 2.35 bits per heavy atom. The van der Waals surface area contributed by atoms with Crippen LogP contribution < -0.4 is 9.47 Å². The first-order chi connectivity index (χ1) is 16.3. The quantitative estimate of drug-likeness (QED) is 0.309. The van der Waals surface area contributed by atoms with E-state index in [1.54, 1.807) is 6.07 Å². The molecule has 0 spiro atoms. The van der Waals surface area contributed by atoms with Gasteiger partial charge in [-0.05, 0) is 60.2 Å². The molecular weight excluding hydrogens is 437 g/mol. The first-order valence-corrected chi connectivity index (χ1v) is 11.2. The van der Waals surface area contributed by atoms with E-state index in [1.165, 1.54) is 17.7 Å². The summed E-state index contributed by atoms with van der Waals surface area (Å²) >= 11 is 0. The highest BCUT2D eigenvalue weighted by Gasteiger charge is 2.40. The van der Waals surface area contributed by atoms with Crippen LogP contribution in [0.1, 0.15) is 34.7 Å². The molecule has 34 heavy (non-hydrogen) atoms. The largest absolute Gasteiger partial charge is 0.490 e. The topological polar surface area (TPSA) is 18.5 Å². The first kappa shape index (κ1) is 20.8. The summed E-state index contributed by atoms with van der Waals surface area (Å²) in [5.41, 5.74) is 1.39. The predicted octanol–water partition coefficient (Wildman–Crippen LogP) is 7.53. The summed E-state index contributed by atoms with van der Waals surface area (Å²) in [6.45, 7) is 2.05. The van der Waals surface area contributed by atoms with Crippen molar-refractivity contribution in [1.29, 1.82) is 0 Å². The summed E-state index contributed by atoms with van der Waals surface area (Å²) < 4.78 is 53.2. The Morgan fingerprint density at radius 2 is 1.56 bits per heavy atom. The molecule has 4 aromatic rings. The third kappa shape index (κ3) is 3.18. The lowest BCUT2D eigenvalue weighted by Gasteiger charge is -2.36. The van der Waals surface area contributed by atoms with Crippen LogP contribution in [-0.4, -0.2) is 6.10 Å². The van der Waals surface area contributed by atoms with Gasteiger partial charge >= 0.3 is 6.18 Å². The molecule has 2 unspecified atom stereocenters. The van der Waals surface area contributed by atoms with Crippen LogP contribution in [-0.2, 0) is 18.2 Å². The molecule has 0 radical (unpaired) electrons. The number of rotatable bonds is 2. The Kier molecular flexibility index (Phi) is 4.53. The van der Waals surface area contributed by atoms with Gasteiger partial charge in [0.15, 0.2) is 5.60 Å². The van der Waals surface area contributed by atoms with Gasteiger partial charge in [0.25, 0.3) is 0 Å². The van der Waals surface area contributed by atoms with E-state index >= 15 is 0 Å². The predicted molar refractivity (Wildman–Crippen MR) is 126 cm³/mol. The lowest BCUT2D eigenvalue weighted by Crippen LogP contribution is -2.34. The maximum Gasteiger partial charge on any atom is 0.416 e. The van der Waals surface area contributed by atoms with Crippen LogP contribution in [0, 0.1) is 0 Å². The summed E-state index contributed by atoms with van der Waals surface area (Å²) in [5, 5.41) is 2.15. The molecule has 0 saturated carbocycles. The highest BCUT2D eigenvalue weighted by molar-refractivity contribution is 5.97. The molecule has 4 aromatic carbocycles. The van der Waals surface area contributed by atoms with Crippen molar-refractivity contribution in [1.82, 2.24) is 0 Å². The number of hydrogen-bond acceptors (Lipinski definition) is 2. The van der Waals surface area contributed by atoms with Crippen LogP contribution in [0.3, 0.4) is 0 Å². The van der Waals surface area contributed by atoms with Gasteiger partial charge in [-0.25, -0.2) is 0 Å². The van der Waals surface area contributed by atoms with E-state index in [0.717, 1.165) is 40.1 Å². The van der Waals surface area contributed by atoms with Crippen LogP contribution >= 0.6 is 0 Å². The van der Waals surface area contributed by atoms with Gasteiger partial charge in [0.1, 0.15) is 17.6 Å². The molecule has 2 heterocycles. The molecule has 0 saturated heterocycles. The van der Waals surface area contributed by atoms with Gasteiger partial charge < -0.3 is 9.47 Å². The molecule has 0 aliphatic carbocycles. The van der Waals surface area contributed by atoms with Gasteiger partial charge in [-0.15, -0.1) is 0 Å². The fraction of sp³-hybridized carbons (Fsp3) is 0.172. The lowest BCUT2D eigenvalue weighted by molar-refractivity contribution is -0.137. The molecule has 2 nitrogen and oxygen atoms in total. The zero-order chi connectivity index (χ0) is 23.5. The van der Waals surface area contributed by atoms with Crippen LogP contribution in [0.2, 0.25) is 0 Å². The van der Waals surface area contributed by atoms with Crippen molar-refractivity contribution < 1.29 is 22.6 Å². The Balaban J connectivity index is 1.54. The van der Waals surface area contributed by atoms with E-state index in [2.05, 4.69) is 6.92 Å². The highest BCUT2D eigenvalue weighted by Crippen LogP contribution is 2.46. The van der Waals surface area contributed by atoms with E-state index in [0.29, 0.717) is 11.3 Å². The SMILES string of the molecule is CC1Cc2c(ccc3c4c(ccc23)OC(c2ccccc2)(c2cccc(C(F)(F)F)c2)C=C4)O1. The summed E-state index contributed by atoms with van der Waals surface area (Å²) in [6, 6.07) is 22.7. The van der Waals surface area contributed by atoms with Crippen molar-refractivity contribution in [3.8, 4) is 11.5 Å². The van der Waals surface area contributed by atoms with E-state index in [9.17, 15) is 13.2 Å². The third-order valence-corrected chi connectivity index (χ3v) is 6.67. The van der Waals surface area contributed by atoms with Crippen molar-refractivity contribution in [3.05, 3.63) is 113 Å². The lowest BCUT2D eigenvalue weighted by atomic mass is 9.82. The summed E-state index contributed by atoms with van der Waals surface area (Å²) in [4.78, 5) is 0. The molecule has 0 fully saturated rings. The molecule has 0 amide bonds. The second-order valence-electron chi connectivity index (χ2n) is 8.86. The van der Waals surface area contributed by atoms with Gasteiger partial charge in [-0.3, -0.25) is 0 Å². The van der Waals surface area contributed by atoms with Crippen LogP contribution in [0.15, 0.2) is 84.9 Å². The van der Waals surface area contributed by atoms with Crippen molar-refractivity contribution in [2.24, 2.45) is 0 Å². The van der Waals surface area contributed by atoms with E-state index < -0.39 is 17.3 Å². The van der Waals surface area contributed by atoms with Crippen molar-refractivity contribution in [2.45, 2.75) is 31.2 Å². The van der Waals surface area contributed by atoms with E-state index in [-0.39, 0.29) is 6.10 Å². The number of hydrogen-bond donors (Lipinski definition) is 0. The summed E-state index contributed by atoms with van der Waals surface area (Å²) in [7, 11) is 0. The minimum absolute atomic E-state index is 0.134. The van der Waals surface area contributed by atoms with Gasteiger partial charge in [0, 0.05) is 28.7 Å². The van der Waals surface area contributed by atoms with Crippen molar-refractivity contribution >= 4 is 16.8 Å². The van der Waals surface area contributed by atoms with Crippen LogP contribution in [0.4, 0.5) is 13.2 Å². The summed E-state index contributed by atoms with van der Waals surface area (Å²) in [5.74, 6) is 1.53. The molecule has 2 atom stereocenters. The van der Waals surface area contributed by atoms with Crippen molar-refractivity contribution in [3.63, 3.8) is 0 Å². The van der Waals surface area contributed by atoms with Crippen LogP contribution in [0.25, 0.3) is 16.8 Å². The third-order valence-electron chi connectivity index (χ3n) is 6.67. The minimum Gasteiger partial charge on any atom is -0.490 e. The van der Waals surface area contributed by atoms with Gasteiger partial charge in [0.2, 0.25) is 0 Å². The molecular formula is C29H21F3O2. The maximum atomic E-state index is 13.5. The zero-order valence-corrected chi connectivity index (χ0v) is 18.4. The van der Waals surface area contributed by atoms with Gasteiger partial charge in [0.05, 0.1) is 5.56 Å². The standard InChI is InChI=1S/C29H21F3O2/c1-18-16-25-23-11-13-27-24(22(23)10-12-26(25)33-18)14-15-28(34-27,19-6-3-2-4-7-19)20-8-5-9-21(17-20)29(30,31)32/h2-15,17-18H,16H2,1H3. The molecule has 0 bridgehead atoms. The van der Waals surface area contributed by atoms with E-state index in [4.69, 9.17) is 9.47 Å². The zero-order valence-electron chi connectivity index (χ0n) is 18.4. The number of ether oxygens (including phenoxy) is 2. The average Bonchev–Trinajstić information content (AvgIpc) is 3.24. The molecule has 0 N–H and O–H groups in total. The number of fused-ring (bicyclic) bond motifs is 5. The van der Waals surface area contributed by atoms with E-state index in [1.807, 2.05) is 66.7 Å². The fourth-order valence-electron chi connectivity index (χ4n) is 5.08. The Morgan fingerprint density at radius 1 is 0.824 bits per heavy atom. The molecule has 0 aromatic heterocycles. The molecule has 170 valence electrons. The number of benzene rings is 4. The Labute approximate surface area is 195 Å². The van der Waals surface area contributed by atoms with Crippen LogP contribution in [0.5, 0.6) is 11.5 Å². The Hall–Kier alpha value is -3.73. The summed E-state index contributed by atoms with van der Waals surface area (Å²) in [6.07, 6.45) is 0.371. The first-order valence-electron chi connectivity index (χ1n) is 11.2. The van der Waals surface area contributed by atoms with Crippen molar-refractivity contribution in [2.75, 3.05) is 0 Å². The average molecular weight is 458 g/mol. The van der Waals surface area contributed by atoms with Gasteiger partial charge in [-0.1, -0.05) is 48.5 Å². The second-order valence-corrected chi connectivity index (χ2v) is 8.86. The minimum atomic E-state index is -4.44. The Bertz CT molecular complexity index is 1440. The smallest absolute Gasteiger partial charge is 0.416 e.